The normalized spacial score (nSPS) is 17.1. The molecule has 196 valence electrons. The number of rotatable bonds is 8. The van der Waals surface area contributed by atoms with E-state index in [1.165, 1.54) is 27.6 Å². The quantitative estimate of drug-likeness (QED) is 0.146. The molecule has 4 aromatic rings. The van der Waals surface area contributed by atoms with Crippen molar-refractivity contribution in [1.82, 2.24) is 4.98 Å². The van der Waals surface area contributed by atoms with Gasteiger partial charge in [0, 0.05) is 10.4 Å². The van der Waals surface area contributed by atoms with Gasteiger partial charge in [0.25, 0.3) is 5.78 Å². The number of aliphatic hydroxyl groups excluding tert-OH is 1. The minimum Gasteiger partial charge on any atom is -0.507 e. The number of ether oxygens (including phenoxy) is 2. The van der Waals surface area contributed by atoms with E-state index in [1.807, 2.05) is 69.5 Å². The molecule has 0 bridgehead atoms. The van der Waals surface area contributed by atoms with Crippen molar-refractivity contribution in [3.05, 3.63) is 75.5 Å². The summed E-state index contributed by atoms with van der Waals surface area (Å²) in [5.41, 5.74) is 2.12. The maximum absolute atomic E-state index is 13.5. The van der Waals surface area contributed by atoms with Gasteiger partial charge < -0.3 is 14.6 Å². The number of nitrogens with zero attached hydrogens (tertiary/aromatic N) is 2. The van der Waals surface area contributed by atoms with Crippen LogP contribution < -0.4 is 14.4 Å². The number of carbonyl (C=O) groups excluding carboxylic acids is 2. The second-order valence-corrected chi connectivity index (χ2v) is 11.1. The number of hydrogen-bond acceptors (Lipinski definition) is 8. The maximum atomic E-state index is 13.5. The highest BCUT2D eigenvalue weighted by Crippen LogP contribution is 2.46. The van der Waals surface area contributed by atoms with E-state index in [2.05, 4.69) is 4.98 Å². The van der Waals surface area contributed by atoms with Gasteiger partial charge in [0.05, 0.1) is 29.0 Å². The van der Waals surface area contributed by atoms with Crippen LogP contribution in [0.1, 0.15) is 55.7 Å². The summed E-state index contributed by atoms with van der Waals surface area (Å²) in [6.07, 6.45) is 0. The zero-order valence-corrected chi connectivity index (χ0v) is 23.2. The fourth-order valence-electron chi connectivity index (χ4n) is 4.59. The van der Waals surface area contributed by atoms with Gasteiger partial charge in [-0.25, -0.2) is 4.98 Å². The van der Waals surface area contributed by atoms with Gasteiger partial charge in [-0.15, -0.1) is 11.3 Å². The number of thiophene rings is 1. The summed E-state index contributed by atoms with van der Waals surface area (Å²) in [6, 6.07) is 13.8. The predicted molar refractivity (Wildman–Crippen MR) is 152 cm³/mol. The van der Waals surface area contributed by atoms with Crippen LogP contribution in [-0.4, -0.2) is 35.0 Å². The number of aromatic nitrogens is 1. The molecule has 0 saturated carbocycles. The lowest BCUT2D eigenvalue weighted by Gasteiger charge is -2.21. The third-order valence-corrected chi connectivity index (χ3v) is 8.27. The Morgan fingerprint density at radius 1 is 1.08 bits per heavy atom. The molecule has 1 amide bonds. The topological polar surface area (TPSA) is 89.0 Å². The molecule has 38 heavy (non-hydrogen) atoms. The van der Waals surface area contributed by atoms with Crippen LogP contribution in [0.2, 0.25) is 0 Å². The summed E-state index contributed by atoms with van der Waals surface area (Å²) in [4.78, 5) is 33.8. The number of ketones is 1. The molecule has 1 aliphatic heterocycles. The highest BCUT2D eigenvalue weighted by Gasteiger charge is 2.48. The molecular formula is C29H28N2O5S2. The van der Waals surface area contributed by atoms with E-state index < -0.39 is 17.7 Å². The Kier molecular flexibility index (Phi) is 7.23. The Labute approximate surface area is 229 Å². The van der Waals surface area contributed by atoms with Crippen LogP contribution in [0.4, 0.5) is 5.13 Å². The molecule has 1 aliphatic rings. The molecule has 1 N–H and O–H groups in total. The minimum absolute atomic E-state index is 0.0468. The van der Waals surface area contributed by atoms with Crippen molar-refractivity contribution in [3.63, 3.8) is 0 Å². The molecule has 2 aromatic heterocycles. The van der Waals surface area contributed by atoms with Crippen molar-refractivity contribution >= 4 is 55.5 Å². The van der Waals surface area contributed by atoms with Gasteiger partial charge in [-0.05, 0) is 73.2 Å². The number of Topliss-reactive ketones (excluding diaryl/α,β-unsaturated/α-hetero) is 1. The minimum atomic E-state index is -0.795. The molecule has 1 fully saturated rings. The molecule has 0 aliphatic carbocycles. The van der Waals surface area contributed by atoms with Crippen LogP contribution in [-0.2, 0) is 9.59 Å². The van der Waals surface area contributed by atoms with Crippen molar-refractivity contribution in [3.8, 4) is 11.5 Å². The van der Waals surface area contributed by atoms with Gasteiger partial charge in [-0.1, -0.05) is 31.3 Å². The Balaban J connectivity index is 1.65. The highest BCUT2D eigenvalue weighted by molar-refractivity contribution is 7.22. The number of hydrogen-bond donors (Lipinski definition) is 1. The summed E-state index contributed by atoms with van der Waals surface area (Å²) in [6.45, 7) is 8.96. The van der Waals surface area contributed by atoms with Crippen molar-refractivity contribution in [2.75, 3.05) is 18.1 Å². The average Bonchev–Trinajstić information content (AvgIpc) is 3.63. The first-order valence-electron chi connectivity index (χ1n) is 12.5. The smallest absolute Gasteiger partial charge is 0.301 e. The van der Waals surface area contributed by atoms with Crippen molar-refractivity contribution < 1.29 is 24.2 Å². The standard InChI is InChI=1S/C29H28N2O5S2/c1-5-35-18-10-11-20-23(15-18)38-29(30-20)31-25(22-8-7-13-37-22)24(27(33)28(31)34)26(32)17-9-12-21(36-6-2)19(14-17)16(3)4/h7-16,25,32H,5-6H2,1-4H3/b26-24+. The summed E-state index contributed by atoms with van der Waals surface area (Å²) < 4.78 is 12.2. The molecule has 5 rings (SSSR count). The lowest BCUT2D eigenvalue weighted by molar-refractivity contribution is -0.132. The third-order valence-electron chi connectivity index (χ3n) is 6.33. The summed E-state index contributed by atoms with van der Waals surface area (Å²) >= 11 is 2.73. The van der Waals surface area contributed by atoms with Crippen LogP contribution in [0.5, 0.6) is 11.5 Å². The number of carbonyl (C=O) groups is 2. The number of fused-ring (bicyclic) bond motifs is 1. The predicted octanol–water partition coefficient (Wildman–Crippen LogP) is 6.90. The maximum Gasteiger partial charge on any atom is 0.301 e. The highest BCUT2D eigenvalue weighted by atomic mass is 32.1. The molecule has 1 unspecified atom stereocenters. The lowest BCUT2D eigenvalue weighted by Crippen LogP contribution is -2.28. The summed E-state index contributed by atoms with van der Waals surface area (Å²) in [7, 11) is 0. The number of aliphatic hydroxyl groups is 1. The van der Waals surface area contributed by atoms with Gasteiger partial charge in [0.1, 0.15) is 23.3 Å². The van der Waals surface area contributed by atoms with E-state index >= 15 is 0 Å². The van der Waals surface area contributed by atoms with Gasteiger partial charge in [0.15, 0.2) is 5.13 Å². The first-order valence-corrected chi connectivity index (χ1v) is 14.2. The van der Waals surface area contributed by atoms with Gasteiger partial charge >= 0.3 is 5.91 Å². The van der Waals surface area contributed by atoms with E-state index in [0.29, 0.717) is 35.2 Å². The Morgan fingerprint density at radius 2 is 1.87 bits per heavy atom. The lowest BCUT2D eigenvalue weighted by atomic mass is 9.95. The molecule has 7 nitrogen and oxygen atoms in total. The van der Waals surface area contributed by atoms with E-state index in [9.17, 15) is 14.7 Å². The summed E-state index contributed by atoms with van der Waals surface area (Å²) in [5, 5.41) is 13.8. The van der Waals surface area contributed by atoms with Crippen LogP contribution in [0.15, 0.2) is 59.5 Å². The molecule has 9 heteroatoms. The zero-order valence-electron chi connectivity index (χ0n) is 21.6. The van der Waals surface area contributed by atoms with E-state index in [0.717, 1.165) is 20.9 Å². The van der Waals surface area contributed by atoms with Crippen molar-refractivity contribution in [2.45, 2.75) is 39.7 Å². The van der Waals surface area contributed by atoms with Crippen molar-refractivity contribution in [1.29, 1.82) is 0 Å². The monoisotopic (exact) mass is 548 g/mol. The van der Waals surface area contributed by atoms with Gasteiger partial charge in [0.2, 0.25) is 0 Å². The number of thiazole rings is 1. The Morgan fingerprint density at radius 3 is 2.55 bits per heavy atom. The molecule has 1 saturated heterocycles. The zero-order chi connectivity index (χ0) is 27.0. The van der Waals surface area contributed by atoms with Crippen LogP contribution in [0.25, 0.3) is 16.0 Å². The van der Waals surface area contributed by atoms with Crippen LogP contribution >= 0.6 is 22.7 Å². The molecule has 0 radical (unpaired) electrons. The second-order valence-electron chi connectivity index (χ2n) is 9.08. The van der Waals surface area contributed by atoms with E-state index in [-0.39, 0.29) is 17.3 Å². The fourth-order valence-corrected chi connectivity index (χ4v) is 6.43. The largest absolute Gasteiger partial charge is 0.507 e. The first kappa shape index (κ1) is 25.9. The van der Waals surface area contributed by atoms with E-state index in [4.69, 9.17) is 9.47 Å². The Bertz CT molecular complexity index is 1540. The summed E-state index contributed by atoms with van der Waals surface area (Å²) in [5.74, 6) is -0.101. The van der Waals surface area contributed by atoms with E-state index in [1.54, 1.807) is 12.1 Å². The molecule has 3 heterocycles. The molecule has 1 atom stereocenters. The second kappa shape index (κ2) is 10.6. The molecule has 2 aromatic carbocycles. The van der Waals surface area contributed by atoms with Crippen LogP contribution in [0.3, 0.4) is 0 Å². The van der Waals surface area contributed by atoms with Gasteiger partial charge in [-0.3, -0.25) is 14.5 Å². The van der Waals surface area contributed by atoms with Gasteiger partial charge in [-0.2, -0.15) is 0 Å². The molecule has 0 spiro atoms. The average molecular weight is 549 g/mol. The molecular weight excluding hydrogens is 520 g/mol. The third kappa shape index (κ3) is 4.56. The fraction of sp³-hybridized carbons (Fsp3) is 0.276. The van der Waals surface area contributed by atoms with Crippen molar-refractivity contribution in [2.24, 2.45) is 0 Å². The first-order chi connectivity index (χ1) is 18.3. The number of benzene rings is 2. The van der Waals surface area contributed by atoms with Crippen LogP contribution in [0, 0.1) is 0 Å². The number of amides is 1. The number of anilines is 1. The Hall–Kier alpha value is -3.69. The SMILES string of the molecule is CCOc1ccc2nc(N3C(=O)C(=O)/C(=C(/O)c4ccc(OCC)c(C(C)C)c4)C3c3cccs3)sc2c1.